The van der Waals surface area contributed by atoms with Gasteiger partial charge in [-0.2, -0.15) is 84.9 Å². The molecule has 0 aromatic heterocycles. The Balaban J connectivity index is -0.000000291. The molecule has 6 aromatic carbocycles. The van der Waals surface area contributed by atoms with Gasteiger partial charge in [-0.15, -0.1) is 34.4 Å². The zero-order valence-electron chi connectivity index (χ0n) is 35.5. The molecule has 2 radical (unpaired) electrons. The smallest absolute Gasteiger partial charge is 0 e. The van der Waals surface area contributed by atoms with Crippen LogP contribution in [0.2, 0.25) is 0 Å². The normalized spacial score (nSPS) is 8.46. The molecule has 6 aromatic rings. The average molecular weight is 845 g/mol. The molecule has 0 saturated carbocycles. The Morgan fingerprint density at radius 1 is 0.346 bits per heavy atom. The Morgan fingerprint density at radius 2 is 0.750 bits per heavy atom. The van der Waals surface area contributed by atoms with E-state index in [-0.39, 0.29) is 65.4 Å². The predicted octanol–water partition coefficient (Wildman–Crippen LogP) is 15.7. The molecule has 0 fully saturated rings. The van der Waals surface area contributed by atoms with E-state index in [4.69, 9.17) is 0 Å². The van der Waals surface area contributed by atoms with Crippen molar-refractivity contribution < 1.29 is 65.4 Å². The van der Waals surface area contributed by atoms with Crippen LogP contribution in [0.4, 0.5) is 0 Å². The van der Waals surface area contributed by atoms with Crippen LogP contribution in [0.15, 0.2) is 109 Å². The number of hydrogen-bond acceptors (Lipinski definition) is 0. The van der Waals surface area contributed by atoms with Crippen LogP contribution in [0.25, 0.3) is 33.0 Å². The molecule has 0 aliphatic carbocycles. The van der Waals surface area contributed by atoms with Crippen LogP contribution in [0.1, 0.15) is 103 Å². The summed E-state index contributed by atoms with van der Waals surface area (Å²) in [5.74, 6) is 0. The van der Waals surface area contributed by atoms with Gasteiger partial charge in [-0.1, -0.05) is 139 Å². The molecular weight excluding hydrogens is 778 g/mol. The van der Waals surface area contributed by atoms with E-state index >= 15 is 0 Å². The molecular formula is C50H66Y2-4. The van der Waals surface area contributed by atoms with Crippen molar-refractivity contribution >= 4 is 10.8 Å². The molecule has 2 heteroatoms. The summed E-state index contributed by atoms with van der Waals surface area (Å²) in [4.78, 5) is 0. The fourth-order valence-electron chi connectivity index (χ4n) is 4.50. The first kappa shape index (κ1) is 56.5. The van der Waals surface area contributed by atoms with Gasteiger partial charge in [0.15, 0.2) is 0 Å². The summed E-state index contributed by atoms with van der Waals surface area (Å²) in [6, 6.07) is 50.5. The van der Waals surface area contributed by atoms with Crippen molar-refractivity contribution in [3.8, 4) is 22.3 Å². The van der Waals surface area contributed by atoms with Crippen molar-refractivity contribution in [2.45, 2.75) is 111 Å². The standard InChI is InChI=1S/2C14H12.C12H12.5C2H6.2Y/c1-11-3-7-13(8-4-11)14-9-5-12(2)6-10-14;1-11-5-3-7-13(9-11)14-8-4-6-12(2)10-14;1-9-7-10(2)12-6-4-3-5-11(12)8-9;5*1-2;;/h3-7,9H,1-2H3;3-6,9-10H,1-2H3;3-8H,1-2H3;5*1-2H3;;/q2*-2;;;;;;;;. The van der Waals surface area contributed by atoms with Crippen molar-refractivity contribution in [1.82, 2.24) is 0 Å². The minimum absolute atomic E-state index is 0. The third-order valence-electron chi connectivity index (χ3n) is 6.64. The molecule has 0 heterocycles. The Labute approximate surface area is 372 Å². The van der Waals surface area contributed by atoms with Crippen molar-refractivity contribution in [3.05, 3.63) is 167 Å². The van der Waals surface area contributed by atoms with Gasteiger partial charge in [0.05, 0.1) is 0 Å². The van der Waals surface area contributed by atoms with Gasteiger partial charge in [0.25, 0.3) is 0 Å². The third-order valence-corrected chi connectivity index (χ3v) is 6.64. The van der Waals surface area contributed by atoms with E-state index in [1.54, 1.807) is 0 Å². The second-order valence-corrected chi connectivity index (χ2v) is 10.4. The zero-order valence-corrected chi connectivity index (χ0v) is 41.2. The Bertz CT molecular complexity index is 1590. The van der Waals surface area contributed by atoms with E-state index in [1.807, 2.05) is 93.5 Å². The summed E-state index contributed by atoms with van der Waals surface area (Å²) in [5.41, 5.74) is 12.1. The van der Waals surface area contributed by atoms with Gasteiger partial charge in [-0.3, -0.25) is 0 Å². The van der Waals surface area contributed by atoms with E-state index in [0.717, 1.165) is 22.3 Å². The Morgan fingerprint density at radius 3 is 1.12 bits per heavy atom. The first-order valence-corrected chi connectivity index (χ1v) is 18.7. The first-order valence-electron chi connectivity index (χ1n) is 18.7. The van der Waals surface area contributed by atoms with Crippen LogP contribution in [0.5, 0.6) is 0 Å². The van der Waals surface area contributed by atoms with Crippen LogP contribution >= 0.6 is 0 Å². The maximum atomic E-state index is 3.24. The van der Waals surface area contributed by atoms with Crippen LogP contribution in [-0.2, 0) is 65.4 Å². The molecule has 0 spiro atoms. The molecule has 0 nitrogen and oxygen atoms in total. The maximum absolute atomic E-state index is 3.24. The second kappa shape index (κ2) is 35.8. The van der Waals surface area contributed by atoms with E-state index < -0.39 is 0 Å². The minimum atomic E-state index is 0. The molecule has 0 saturated heterocycles. The topological polar surface area (TPSA) is 0 Å². The number of aryl methyl sites for hydroxylation is 6. The molecule has 6 rings (SSSR count). The van der Waals surface area contributed by atoms with Gasteiger partial charge in [-0.05, 0) is 30.2 Å². The largest absolute Gasteiger partial charge is 0.226 e. The van der Waals surface area contributed by atoms with Crippen molar-refractivity contribution in [2.24, 2.45) is 0 Å². The number of benzene rings is 6. The molecule has 0 aliphatic heterocycles. The summed E-state index contributed by atoms with van der Waals surface area (Å²) in [6.45, 7) is 32.6. The number of fused-ring (bicyclic) bond motifs is 1. The summed E-state index contributed by atoms with van der Waals surface area (Å²) < 4.78 is 0. The Kier molecular flexibility index (Phi) is 38.9. The number of rotatable bonds is 2. The SMILES string of the molecule is CC.CC.CC.CC.CC.Cc1c[c-]c(-c2[c-]cc(C)cc2)cc1.Cc1cc(C)c2ccccc2c1.Cc1cc[c-]c(-c2[c-]ccc(C)c2)c1.[Y].[Y]. The van der Waals surface area contributed by atoms with E-state index in [2.05, 4.69) is 151 Å². The minimum Gasteiger partial charge on any atom is -0.226 e. The van der Waals surface area contributed by atoms with E-state index in [1.165, 1.54) is 44.2 Å². The molecule has 0 unspecified atom stereocenters. The molecule has 276 valence electrons. The predicted molar refractivity (Wildman–Crippen MR) is 228 cm³/mol. The summed E-state index contributed by atoms with van der Waals surface area (Å²) in [6.07, 6.45) is 0. The second-order valence-electron chi connectivity index (χ2n) is 10.4. The maximum Gasteiger partial charge on any atom is 0 e. The van der Waals surface area contributed by atoms with Crippen LogP contribution in [-0.4, -0.2) is 0 Å². The van der Waals surface area contributed by atoms with Crippen LogP contribution in [0, 0.1) is 65.8 Å². The van der Waals surface area contributed by atoms with Crippen molar-refractivity contribution in [1.29, 1.82) is 0 Å². The summed E-state index contributed by atoms with van der Waals surface area (Å²) in [7, 11) is 0. The van der Waals surface area contributed by atoms with Gasteiger partial charge < -0.3 is 0 Å². The van der Waals surface area contributed by atoms with Crippen LogP contribution < -0.4 is 0 Å². The van der Waals surface area contributed by atoms with Crippen molar-refractivity contribution in [2.75, 3.05) is 0 Å². The van der Waals surface area contributed by atoms with Gasteiger partial charge in [0.1, 0.15) is 0 Å². The van der Waals surface area contributed by atoms with Crippen LogP contribution in [0.3, 0.4) is 0 Å². The molecule has 0 aliphatic rings. The van der Waals surface area contributed by atoms with E-state index in [0.29, 0.717) is 0 Å². The third kappa shape index (κ3) is 22.1. The van der Waals surface area contributed by atoms with E-state index in [9.17, 15) is 0 Å². The Hall–Kier alpha value is -2.21. The van der Waals surface area contributed by atoms with Crippen molar-refractivity contribution in [3.63, 3.8) is 0 Å². The van der Waals surface area contributed by atoms with Gasteiger partial charge >= 0.3 is 0 Å². The molecule has 0 atom stereocenters. The summed E-state index contributed by atoms with van der Waals surface area (Å²) >= 11 is 0. The monoisotopic (exact) mass is 844 g/mol. The van der Waals surface area contributed by atoms with Gasteiger partial charge in [0, 0.05) is 65.4 Å². The first-order chi connectivity index (χ1) is 24.3. The summed E-state index contributed by atoms with van der Waals surface area (Å²) in [5, 5.41) is 2.71. The molecule has 52 heavy (non-hydrogen) atoms. The fraction of sp³-hybridized carbons (Fsp3) is 0.320. The molecule has 0 bridgehead atoms. The average Bonchev–Trinajstić information content (AvgIpc) is 3.17. The molecule has 0 amide bonds. The fourth-order valence-corrected chi connectivity index (χ4v) is 4.50. The quantitative estimate of drug-likeness (QED) is 0.152. The molecule has 0 N–H and O–H groups in total. The van der Waals surface area contributed by atoms with Gasteiger partial charge in [0.2, 0.25) is 0 Å². The number of hydrogen-bond donors (Lipinski definition) is 0. The zero-order chi connectivity index (χ0) is 38.5. The van der Waals surface area contributed by atoms with Gasteiger partial charge in [-0.25, -0.2) is 22.3 Å².